The van der Waals surface area contributed by atoms with Crippen LogP contribution < -0.4 is 0 Å². The Labute approximate surface area is 103 Å². The maximum Gasteiger partial charge on any atom is -0.0388 e. The Kier molecular flexibility index (Phi) is 6.46. The molecule has 0 heteroatoms. The van der Waals surface area contributed by atoms with Crippen molar-refractivity contribution < 1.29 is 0 Å². The van der Waals surface area contributed by atoms with Crippen LogP contribution in [0.5, 0.6) is 0 Å². The van der Waals surface area contributed by atoms with Gasteiger partial charge in [-0.1, -0.05) is 66.2 Å². The highest BCUT2D eigenvalue weighted by Crippen LogP contribution is 2.35. The predicted octanol–water partition coefficient (Wildman–Crippen LogP) is 5.67. The molecule has 1 aliphatic rings. The van der Waals surface area contributed by atoms with Crippen LogP contribution in [0.2, 0.25) is 0 Å². The first kappa shape index (κ1) is 14.1. The van der Waals surface area contributed by atoms with E-state index in [-0.39, 0.29) is 0 Å². The second-order valence-electron chi connectivity index (χ2n) is 6.68. The van der Waals surface area contributed by atoms with Gasteiger partial charge in [0.2, 0.25) is 0 Å². The molecule has 0 N–H and O–H groups in total. The zero-order valence-electron chi connectivity index (χ0n) is 12.0. The van der Waals surface area contributed by atoms with Crippen molar-refractivity contribution in [2.45, 2.75) is 79.1 Å². The first-order valence-corrected chi connectivity index (χ1v) is 7.59. The van der Waals surface area contributed by atoms with Crippen molar-refractivity contribution in [3.05, 3.63) is 0 Å². The quantitative estimate of drug-likeness (QED) is 0.510. The summed E-state index contributed by atoms with van der Waals surface area (Å²) in [7, 11) is 0. The van der Waals surface area contributed by atoms with Crippen LogP contribution in [0.25, 0.3) is 0 Å². The molecule has 0 bridgehead atoms. The molecular weight excluding hydrogens is 192 g/mol. The lowest BCUT2D eigenvalue weighted by molar-refractivity contribution is 0.211. The SMILES string of the molecule is CC(C)CCCCC(C)C1CCC(C)CC1. The largest absolute Gasteiger partial charge is 0.0628 e. The molecule has 1 unspecified atom stereocenters. The summed E-state index contributed by atoms with van der Waals surface area (Å²) >= 11 is 0. The molecular formula is C16H32. The van der Waals surface area contributed by atoms with E-state index in [1.807, 2.05) is 0 Å². The Morgan fingerprint density at radius 3 is 2.00 bits per heavy atom. The fourth-order valence-electron chi connectivity index (χ4n) is 3.11. The van der Waals surface area contributed by atoms with Gasteiger partial charge in [-0.25, -0.2) is 0 Å². The molecule has 0 spiro atoms. The molecule has 1 fully saturated rings. The Bertz CT molecular complexity index is 163. The summed E-state index contributed by atoms with van der Waals surface area (Å²) in [5, 5.41) is 0. The van der Waals surface area contributed by atoms with E-state index in [9.17, 15) is 0 Å². The normalized spacial score (nSPS) is 28.3. The van der Waals surface area contributed by atoms with Gasteiger partial charge in [0.1, 0.15) is 0 Å². The van der Waals surface area contributed by atoms with E-state index in [1.165, 1.54) is 51.4 Å². The van der Waals surface area contributed by atoms with Crippen molar-refractivity contribution in [1.82, 2.24) is 0 Å². The molecule has 0 aromatic heterocycles. The third-order valence-corrected chi connectivity index (χ3v) is 4.56. The minimum Gasteiger partial charge on any atom is -0.0628 e. The van der Waals surface area contributed by atoms with Gasteiger partial charge in [-0.2, -0.15) is 0 Å². The molecule has 1 rings (SSSR count). The van der Waals surface area contributed by atoms with Crippen LogP contribution >= 0.6 is 0 Å². The Hall–Kier alpha value is 0. The third kappa shape index (κ3) is 5.37. The van der Waals surface area contributed by atoms with Crippen molar-refractivity contribution in [1.29, 1.82) is 0 Å². The van der Waals surface area contributed by atoms with Gasteiger partial charge >= 0.3 is 0 Å². The summed E-state index contributed by atoms with van der Waals surface area (Å²) < 4.78 is 0. The topological polar surface area (TPSA) is 0 Å². The lowest BCUT2D eigenvalue weighted by Crippen LogP contribution is -2.18. The van der Waals surface area contributed by atoms with Gasteiger partial charge in [-0.05, 0) is 36.5 Å². The van der Waals surface area contributed by atoms with E-state index in [1.54, 1.807) is 0 Å². The van der Waals surface area contributed by atoms with Gasteiger partial charge in [0, 0.05) is 0 Å². The summed E-state index contributed by atoms with van der Waals surface area (Å²) in [4.78, 5) is 0. The van der Waals surface area contributed by atoms with Gasteiger partial charge in [0.25, 0.3) is 0 Å². The highest BCUT2D eigenvalue weighted by Gasteiger charge is 2.22. The number of hydrogen-bond donors (Lipinski definition) is 0. The summed E-state index contributed by atoms with van der Waals surface area (Å²) in [6, 6.07) is 0. The number of unbranched alkanes of at least 4 members (excludes halogenated alkanes) is 1. The van der Waals surface area contributed by atoms with Crippen molar-refractivity contribution in [3.63, 3.8) is 0 Å². The van der Waals surface area contributed by atoms with E-state index in [0.29, 0.717) is 0 Å². The second-order valence-corrected chi connectivity index (χ2v) is 6.68. The molecule has 0 aromatic carbocycles. The van der Waals surface area contributed by atoms with E-state index in [0.717, 1.165) is 23.7 Å². The molecule has 0 radical (unpaired) electrons. The highest BCUT2D eigenvalue weighted by atomic mass is 14.3. The lowest BCUT2D eigenvalue weighted by Gasteiger charge is -2.30. The van der Waals surface area contributed by atoms with Crippen LogP contribution in [-0.2, 0) is 0 Å². The van der Waals surface area contributed by atoms with E-state index < -0.39 is 0 Å². The second kappa shape index (κ2) is 7.35. The Morgan fingerprint density at radius 1 is 0.875 bits per heavy atom. The minimum atomic E-state index is 0.894. The van der Waals surface area contributed by atoms with Gasteiger partial charge in [0.05, 0.1) is 0 Å². The Morgan fingerprint density at radius 2 is 1.44 bits per heavy atom. The molecule has 0 amide bonds. The molecule has 96 valence electrons. The summed E-state index contributed by atoms with van der Waals surface area (Å²) in [5.41, 5.74) is 0. The highest BCUT2D eigenvalue weighted by molar-refractivity contribution is 4.74. The number of rotatable bonds is 6. The lowest BCUT2D eigenvalue weighted by atomic mass is 9.75. The summed E-state index contributed by atoms with van der Waals surface area (Å²) in [5.74, 6) is 3.94. The molecule has 0 aliphatic heterocycles. The zero-order chi connectivity index (χ0) is 12.0. The maximum atomic E-state index is 2.50. The molecule has 1 saturated carbocycles. The minimum absolute atomic E-state index is 0.894. The van der Waals surface area contributed by atoms with E-state index in [2.05, 4.69) is 27.7 Å². The fraction of sp³-hybridized carbons (Fsp3) is 1.00. The number of hydrogen-bond acceptors (Lipinski definition) is 0. The van der Waals surface area contributed by atoms with Crippen molar-refractivity contribution in [2.75, 3.05) is 0 Å². The molecule has 0 nitrogen and oxygen atoms in total. The average molecular weight is 224 g/mol. The van der Waals surface area contributed by atoms with E-state index >= 15 is 0 Å². The van der Waals surface area contributed by atoms with Crippen LogP contribution in [-0.4, -0.2) is 0 Å². The molecule has 1 atom stereocenters. The first-order chi connectivity index (χ1) is 7.59. The monoisotopic (exact) mass is 224 g/mol. The standard InChI is InChI=1S/C16H32/c1-13(2)7-5-6-8-15(4)16-11-9-14(3)10-12-16/h13-16H,5-12H2,1-4H3. The third-order valence-electron chi connectivity index (χ3n) is 4.56. The van der Waals surface area contributed by atoms with Crippen LogP contribution in [0.3, 0.4) is 0 Å². The van der Waals surface area contributed by atoms with Crippen molar-refractivity contribution >= 4 is 0 Å². The maximum absolute atomic E-state index is 2.50. The predicted molar refractivity (Wildman–Crippen MR) is 73.6 cm³/mol. The van der Waals surface area contributed by atoms with Gasteiger partial charge in [0.15, 0.2) is 0 Å². The summed E-state index contributed by atoms with van der Waals surface area (Å²) in [6.45, 7) is 9.59. The van der Waals surface area contributed by atoms with Crippen molar-refractivity contribution in [2.24, 2.45) is 23.7 Å². The van der Waals surface area contributed by atoms with Gasteiger partial charge in [-0.15, -0.1) is 0 Å². The summed E-state index contributed by atoms with van der Waals surface area (Å²) in [6.07, 6.45) is 11.8. The zero-order valence-corrected chi connectivity index (χ0v) is 12.0. The fourth-order valence-corrected chi connectivity index (χ4v) is 3.11. The first-order valence-electron chi connectivity index (χ1n) is 7.59. The van der Waals surface area contributed by atoms with Crippen LogP contribution in [0.4, 0.5) is 0 Å². The molecule has 1 aliphatic carbocycles. The van der Waals surface area contributed by atoms with Crippen molar-refractivity contribution in [3.8, 4) is 0 Å². The average Bonchev–Trinajstić information content (AvgIpc) is 2.25. The molecule has 0 heterocycles. The van der Waals surface area contributed by atoms with Gasteiger partial charge in [-0.3, -0.25) is 0 Å². The van der Waals surface area contributed by atoms with Crippen LogP contribution in [0.15, 0.2) is 0 Å². The smallest absolute Gasteiger partial charge is 0.0388 e. The van der Waals surface area contributed by atoms with Crippen LogP contribution in [0.1, 0.15) is 79.1 Å². The van der Waals surface area contributed by atoms with Gasteiger partial charge < -0.3 is 0 Å². The molecule has 0 aromatic rings. The van der Waals surface area contributed by atoms with E-state index in [4.69, 9.17) is 0 Å². The van der Waals surface area contributed by atoms with Crippen LogP contribution in [0, 0.1) is 23.7 Å². The molecule has 16 heavy (non-hydrogen) atoms. The Balaban J connectivity index is 2.08. The molecule has 0 saturated heterocycles.